The van der Waals surface area contributed by atoms with Crippen LogP contribution in [0.25, 0.3) is 66.4 Å². The van der Waals surface area contributed by atoms with Crippen molar-refractivity contribution < 1.29 is 4.42 Å². The number of hydrogen-bond donors (Lipinski definition) is 0. The summed E-state index contributed by atoms with van der Waals surface area (Å²) in [6.45, 7) is 0. The average Bonchev–Trinajstić information content (AvgIpc) is 3.90. The van der Waals surface area contributed by atoms with Crippen LogP contribution < -0.4 is 4.90 Å². The van der Waals surface area contributed by atoms with Gasteiger partial charge in [-0.2, -0.15) is 0 Å². The first kappa shape index (κ1) is 36.6. The van der Waals surface area contributed by atoms with Crippen LogP contribution in [0.15, 0.2) is 253 Å². The summed E-state index contributed by atoms with van der Waals surface area (Å²) in [6, 6.07) is 90.3. The largest absolute Gasteiger partial charge is 0.455 e. The third kappa shape index (κ3) is 5.95. The lowest BCUT2D eigenvalue weighted by Crippen LogP contribution is -2.30. The molecule has 1 aliphatic rings. The molecule has 0 amide bonds. The average molecular weight is 804 g/mol. The third-order valence-corrected chi connectivity index (χ3v) is 13.0. The molecule has 2 heteroatoms. The molecule has 0 aliphatic heterocycles. The molecule has 1 heterocycles. The second kappa shape index (κ2) is 15.1. The highest BCUT2D eigenvalue weighted by molar-refractivity contribution is 6.09. The molecule has 0 radical (unpaired) electrons. The first-order valence-corrected chi connectivity index (χ1v) is 21.7. The molecule has 1 aliphatic carbocycles. The summed E-state index contributed by atoms with van der Waals surface area (Å²) >= 11 is 0. The maximum Gasteiger partial charge on any atom is 0.143 e. The Labute approximate surface area is 367 Å². The zero-order chi connectivity index (χ0) is 41.7. The summed E-state index contributed by atoms with van der Waals surface area (Å²) in [5, 5.41) is 2.26. The molecule has 1 unspecified atom stereocenters. The Bertz CT molecular complexity index is 3410. The van der Waals surface area contributed by atoms with Crippen molar-refractivity contribution in [3.8, 4) is 44.5 Å². The molecular formula is C61H41NO. The van der Waals surface area contributed by atoms with Crippen LogP contribution in [0.2, 0.25) is 0 Å². The highest BCUT2D eigenvalue weighted by atomic mass is 16.3. The van der Waals surface area contributed by atoms with Crippen LogP contribution >= 0.6 is 0 Å². The number of fused-ring (bicyclic) bond motifs is 6. The monoisotopic (exact) mass is 803 g/mol. The summed E-state index contributed by atoms with van der Waals surface area (Å²) in [4.78, 5) is 2.46. The summed E-state index contributed by atoms with van der Waals surface area (Å²) < 4.78 is 6.51. The highest BCUT2D eigenvalue weighted by Crippen LogP contribution is 2.60. The number of furan rings is 1. The lowest BCUT2D eigenvalue weighted by atomic mass is 9.67. The van der Waals surface area contributed by atoms with E-state index >= 15 is 0 Å². The van der Waals surface area contributed by atoms with Gasteiger partial charge >= 0.3 is 0 Å². The van der Waals surface area contributed by atoms with Crippen molar-refractivity contribution in [2.24, 2.45) is 0 Å². The van der Waals surface area contributed by atoms with Gasteiger partial charge in [0.05, 0.1) is 11.1 Å². The molecule has 0 N–H and O–H groups in total. The summed E-state index contributed by atoms with van der Waals surface area (Å²) in [7, 11) is 0. The topological polar surface area (TPSA) is 16.4 Å². The first-order chi connectivity index (χ1) is 31.3. The number of anilines is 3. The van der Waals surface area contributed by atoms with E-state index in [0.29, 0.717) is 0 Å². The smallest absolute Gasteiger partial charge is 0.143 e. The molecular weight excluding hydrogens is 763 g/mol. The van der Waals surface area contributed by atoms with Gasteiger partial charge in [-0.1, -0.05) is 212 Å². The van der Waals surface area contributed by atoms with E-state index in [1.54, 1.807) is 0 Å². The Morgan fingerprint density at radius 1 is 0.317 bits per heavy atom. The molecule has 1 aromatic heterocycles. The van der Waals surface area contributed by atoms with Crippen LogP contribution in [0, 0.1) is 0 Å². The van der Waals surface area contributed by atoms with Gasteiger partial charge in [-0.15, -0.1) is 0 Å². The number of hydrogen-bond acceptors (Lipinski definition) is 2. The Kier molecular flexibility index (Phi) is 8.76. The lowest BCUT2D eigenvalue weighted by molar-refractivity contribution is 0.670. The quantitative estimate of drug-likeness (QED) is 0.152. The fourth-order valence-corrected chi connectivity index (χ4v) is 10.1. The van der Waals surface area contributed by atoms with E-state index in [1.807, 2.05) is 12.1 Å². The predicted molar refractivity (Wildman–Crippen MR) is 262 cm³/mol. The molecule has 11 aromatic rings. The number of para-hydroxylation sites is 2. The molecule has 12 rings (SSSR count). The van der Waals surface area contributed by atoms with E-state index in [-0.39, 0.29) is 0 Å². The van der Waals surface area contributed by atoms with Gasteiger partial charge in [0.2, 0.25) is 0 Å². The molecule has 2 nitrogen and oxygen atoms in total. The van der Waals surface area contributed by atoms with Gasteiger partial charge in [0.1, 0.15) is 11.2 Å². The molecule has 296 valence electrons. The summed E-state index contributed by atoms with van der Waals surface area (Å²) in [6.07, 6.45) is 0. The van der Waals surface area contributed by atoms with E-state index in [0.717, 1.165) is 50.1 Å². The first-order valence-electron chi connectivity index (χ1n) is 21.7. The molecule has 0 saturated carbocycles. The molecule has 0 saturated heterocycles. The van der Waals surface area contributed by atoms with Crippen LogP contribution in [0.1, 0.15) is 22.3 Å². The fraction of sp³-hybridized carbons (Fsp3) is 0.0164. The summed E-state index contributed by atoms with van der Waals surface area (Å²) in [5.74, 6) is 0. The number of nitrogens with zero attached hydrogens (tertiary/aromatic N) is 1. The van der Waals surface area contributed by atoms with Crippen LogP contribution in [0.3, 0.4) is 0 Å². The minimum atomic E-state index is -0.627. The van der Waals surface area contributed by atoms with Crippen LogP contribution in [0.5, 0.6) is 0 Å². The molecule has 63 heavy (non-hydrogen) atoms. The van der Waals surface area contributed by atoms with Crippen molar-refractivity contribution in [2.45, 2.75) is 5.41 Å². The standard InChI is InChI=1S/C61H41NO/c1-4-16-42(17-5-1)44-30-36-48(37-31-44)61(47-20-8-3-9-21-47)56-27-12-10-22-52(56)54-25-15-28-57(59(54)61)62(49-38-32-45(33-39-49)43-18-6-2-7-19-43)50-40-34-46(35-41-50)51-24-14-26-55-53-23-11-13-29-58(53)63-60(51)55/h1-41H. The van der Waals surface area contributed by atoms with E-state index < -0.39 is 5.41 Å². The number of rotatable bonds is 8. The van der Waals surface area contributed by atoms with Gasteiger partial charge < -0.3 is 9.32 Å². The molecule has 1 atom stereocenters. The van der Waals surface area contributed by atoms with Crippen LogP contribution in [-0.4, -0.2) is 0 Å². The van der Waals surface area contributed by atoms with Crippen LogP contribution in [-0.2, 0) is 5.41 Å². The maximum atomic E-state index is 6.51. The molecule has 10 aromatic carbocycles. The Hall–Kier alpha value is -8.20. The van der Waals surface area contributed by atoms with Crippen molar-refractivity contribution in [1.82, 2.24) is 0 Å². The molecule has 0 spiro atoms. The normalized spacial score (nSPS) is 14.1. The predicted octanol–water partition coefficient (Wildman–Crippen LogP) is 16.4. The van der Waals surface area contributed by atoms with Crippen molar-refractivity contribution >= 4 is 39.0 Å². The van der Waals surface area contributed by atoms with E-state index in [1.165, 1.54) is 55.6 Å². The second-order valence-corrected chi connectivity index (χ2v) is 16.4. The SMILES string of the molecule is c1ccc(-c2ccc(N(c3ccc(-c4cccc5c4oc4ccccc45)cc3)c3cccc4c3C(c3ccccc3)(c3ccc(-c5ccccc5)cc3)c3ccccc3-4)cc2)cc1. The van der Waals surface area contributed by atoms with Gasteiger partial charge in [-0.3, -0.25) is 0 Å². The van der Waals surface area contributed by atoms with Crippen molar-refractivity contribution in [2.75, 3.05) is 4.90 Å². The van der Waals surface area contributed by atoms with Crippen molar-refractivity contribution in [3.63, 3.8) is 0 Å². The minimum absolute atomic E-state index is 0.627. The third-order valence-electron chi connectivity index (χ3n) is 13.0. The van der Waals surface area contributed by atoms with E-state index in [4.69, 9.17) is 4.42 Å². The Morgan fingerprint density at radius 3 is 1.48 bits per heavy atom. The zero-order valence-corrected chi connectivity index (χ0v) is 34.5. The van der Waals surface area contributed by atoms with Gasteiger partial charge in [-0.25, -0.2) is 0 Å². The van der Waals surface area contributed by atoms with Gasteiger partial charge in [0.15, 0.2) is 0 Å². The Morgan fingerprint density at radius 2 is 0.794 bits per heavy atom. The van der Waals surface area contributed by atoms with Gasteiger partial charge in [0.25, 0.3) is 0 Å². The maximum absolute atomic E-state index is 6.51. The second-order valence-electron chi connectivity index (χ2n) is 16.4. The van der Waals surface area contributed by atoms with E-state index in [9.17, 15) is 0 Å². The van der Waals surface area contributed by atoms with Gasteiger partial charge in [-0.05, 0) is 92.0 Å². The lowest BCUT2D eigenvalue weighted by Gasteiger charge is -2.38. The Balaban J connectivity index is 1.09. The minimum Gasteiger partial charge on any atom is -0.455 e. The van der Waals surface area contributed by atoms with Crippen LogP contribution in [0.4, 0.5) is 17.1 Å². The van der Waals surface area contributed by atoms with Crippen molar-refractivity contribution in [1.29, 1.82) is 0 Å². The summed E-state index contributed by atoms with van der Waals surface area (Å²) in [5.41, 5.74) is 18.9. The van der Waals surface area contributed by atoms with Crippen molar-refractivity contribution in [3.05, 3.63) is 271 Å². The zero-order valence-electron chi connectivity index (χ0n) is 34.5. The van der Waals surface area contributed by atoms with E-state index in [2.05, 4.69) is 241 Å². The highest BCUT2D eigenvalue weighted by Gasteiger charge is 2.48. The van der Waals surface area contributed by atoms with Gasteiger partial charge in [0, 0.05) is 33.3 Å². The molecule has 0 fully saturated rings. The number of benzene rings is 10. The molecule has 0 bridgehead atoms. The fourth-order valence-electron chi connectivity index (χ4n) is 10.1.